The molecule has 3 rings (SSSR count). The molecule has 6 nitrogen and oxygen atoms in total. The number of nitrogens with one attached hydrogen (secondary N) is 1. The van der Waals surface area contributed by atoms with Gasteiger partial charge in [-0.2, -0.15) is 0 Å². The molecule has 0 saturated heterocycles. The first kappa shape index (κ1) is 16.8. The third-order valence-electron chi connectivity index (χ3n) is 4.18. The Morgan fingerprint density at radius 2 is 2.08 bits per heavy atom. The number of ether oxygens (including phenoxy) is 1. The number of methoxy groups -OCH3 is 1. The summed E-state index contributed by atoms with van der Waals surface area (Å²) in [5.41, 5.74) is 3.43. The van der Waals surface area contributed by atoms with Crippen LogP contribution in [0.15, 0.2) is 45.6 Å². The van der Waals surface area contributed by atoms with Gasteiger partial charge in [0.15, 0.2) is 5.58 Å². The molecule has 0 fully saturated rings. The second kappa shape index (κ2) is 6.84. The molecule has 25 heavy (non-hydrogen) atoms. The van der Waals surface area contributed by atoms with E-state index in [9.17, 15) is 9.59 Å². The van der Waals surface area contributed by atoms with Crippen LogP contribution >= 0.6 is 0 Å². The van der Waals surface area contributed by atoms with E-state index in [-0.39, 0.29) is 5.91 Å². The number of benzene rings is 2. The molecule has 0 aliphatic heterocycles. The average molecular weight is 340 g/mol. The number of hydrogen-bond donors (Lipinski definition) is 1. The lowest BCUT2D eigenvalue weighted by Gasteiger charge is -2.10. The molecule has 3 aromatic rings. The van der Waals surface area contributed by atoms with Crippen LogP contribution in [0.25, 0.3) is 11.1 Å². The van der Waals surface area contributed by atoms with Crippen LogP contribution < -0.4 is 15.8 Å². The Morgan fingerprint density at radius 3 is 2.84 bits per heavy atom. The second-order valence-electron chi connectivity index (χ2n) is 5.90. The van der Waals surface area contributed by atoms with Crippen LogP contribution in [0.3, 0.4) is 0 Å². The van der Waals surface area contributed by atoms with Crippen LogP contribution in [-0.2, 0) is 13.5 Å². The fourth-order valence-corrected chi connectivity index (χ4v) is 2.84. The van der Waals surface area contributed by atoms with Crippen molar-refractivity contribution in [1.82, 2.24) is 9.88 Å². The molecule has 130 valence electrons. The summed E-state index contributed by atoms with van der Waals surface area (Å²) >= 11 is 0. The average Bonchev–Trinajstić information content (AvgIpc) is 2.89. The van der Waals surface area contributed by atoms with Crippen molar-refractivity contribution >= 4 is 17.0 Å². The number of aromatic nitrogens is 1. The number of aryl methyl sites for hydroxylation is 2. The molecule has 0 aliphatic carbocycles. The lowest BCUT2D eigenvalue weighted by atomic mass is 10.1. The summed E-state index contributed by atoms with van der Waals surface area (Å²) in [4.78, 5) is 24.1. The van der Waals surface area contributed by atoms with Gasteiger partial charge in [-0.05, 0) is 37.1 Å². The Bertz CT molecular complexity index is 985. The summed E-state index contributed by atoms with van der Waals surface area (Å²) in [6.07, 6.45) is 0.644. The minimum atomic E-state index is -0.486. The zero-order valence-corrected chi connectivity index (χ0v) is 14.5. The van der Waals surface area contributed by atoms with Crippen LogP contribution in [0.4, 0.5) is 0 Å². The highest BCUT2D eigenvalue weighted by Gasteiger charge is 2.15. The van der Waals surface area contributed by atoms with Crippen molar-refractivity contribution in [3.8, 4) is 5.75 Å². The number of fused-ring (bicyclic) bond motifs is 1. The molecule has 0 bridgehead atoms. The minimum absolute atomic E-state index is 0.272. The van der Waals surface area contributed by atoms with E-state index in [0.29, 0.717) is 29.6 Å². The van der Waals surface area contributed by atoms with Gasteiger partial charge in [0.25, 0.3) is 5.91 Å². The van der Waals surface area contributed by atoms with Gasteiger partial charge < -0.3 is 14.5 Å². The lowest BCUT2D eigenvalue weighted by Crippen LogP contribution is -2.26. The molecule has 2 aromatic carbocycles. The van der Waals surface area contributed by atoms with Crippen LogP contribution in [0, 0.1) is 6.92 Å². The van der Waals surface area contributed by atoms with Gasteiger partial charge in [-0.1, -0.05) is 23.8 Å². The normalized spacial score (nSPS) is 10.8. The Kier molecular flexibility index (Phi) is 4.61. The summed E-state index contributed by atoms with van der Waals surface area (Å²) in [6.45, 7) is 2.46. The molecule has 1 heterocycles. The number of hydrogen-bond acceptors (Lipinski definition) is 4. The smallest absolute Gasteiger partial charge is 0.419 e. The summed E-state index contributed by atoms with van der Waals surface area (Å²) in [7, 11) is 3.24. The van der Waals surface area contributed by atoms with Gasteiger partial charge in [0.2, 0.25) is 0 Å². The van der Waals surface area contributed by atoms with Gasteiger partial charge in [0.05, 0.1) is 18.2 Å². The number of amides is 1. The minimum Gasteiger partial charge on any atom is -0.496 e. The van der Waals surface area contributed by atoms with E-state index in [4.69, 9.17) is 9.15 Å². The molecule has 0 unspecified atom stereocenters. The van der Waals surface area contributed by atoms with Crippen LogP contribution in [0.1, 0.15) is 21.5 Å². The van der Waals surface area contributed by atoms with Crippen molar-refractivity contribution in [2.45, 2.75) is 13.3 Å². The number of rotatable bonds is 5. The van der Waals surface area contributed by atoms with Crippen molar-refractivity contribution in [1.29, 1.82) is 0 Å². The monoisotopic (exact) mass is 340 g/mol. The van der Waals surface area contributed by atoms with E-state index in [1.54, 1.807) is 32.4 Å². The fourth-order valence-electron chi connectivity index (χ4n) is 2.84. The molecule has 1 amide bonds. The highest BCUT2D eigenvalue weighted by molar-refractivity contribution is 6.04. The van der Waals surface area contributed by atoms with E-state index in [0.717, 1.165) is 16.9 Å². The van der Waals surface area contributed by atoms with Gasteiger partial charge in [-0.25, -0.2) is 4.79 Å². The molecule has 0 aliphatic rings. The summed E-state index contributed by atoms with van der Waals surface area (Å²) < 4.78 is 11.9. The van der Waals surface area contributed by atoms with Gasteiger partial charge in [-0.3, -0.25) is 9.36 Å². The quantitative estimate of drug-likeness (QED) is 0.774. The van der Waals surface area contributed by atoms with Crippen LogP contribution in [0.2, 0.25) is 0 Å². The van der Waals surface area contributed by atoms with Gasteiger partial charge in [-0.15, -0.1) is 0 Å². The molecule has 6 heteroatoms. The number of para-hydroxylation sites is 1. The van der Waals surface area contributed by atoms with Gasteiger partial charge in [0.1, 0.15) is 5.75 Å². The predicted molar refractivity (Wildman–Crippen MR) is 95.2 cm³/mol. The van der Waals surface area contributed by atoms with Gasteiger partial charge in [0, 0.05) is 13.6 Å². The molecular formula is C19H20N2O4. The zero-order valence-electron chi connectivity index (χ0n) is 14.5. The molecule has 0 saturated carbocycles. The molecule has 0 atom stereocenters. The zero-order chi connectivity index (χ0) is 18.0. The van der Waals surface area contributed by atoms with Crippen molar-refractivity contribution in [3.63, 3.8) is 0 Å². The lowest BCUT2D eigenvalue weighted by molar-refractivity contribution is 0.0954. The first-order chi connectivity index (χ1) is 12.0. The van der Waals surface area contributed by atoms with E-state index in [2.05, 4.69) is 5.32 Å². The maximum Gasteiger partial charge on any atom is 0.419 e. The molecular weight excluding hydrogens is 320 g/mol. The van der Waals surface area contributed by atoms with Gasteiger partial charge >= 0.3 is 5.76 Å². The molecule has 1 N–H and O–H groups in total. The standard InChI is InChI=1S/C19H20N2O4/c1-12-7-8-16(24-3)13(11-12)9-10-20-18(22)14-5-4-6-15-17(14)25-19(23)21(15)2/h4-8,11H,9-10H2,1-3H3,(H,20,22). The van der Waals surface area contributed by atoms with Crippen LogP contribution in [0.5, 0.6) is 5.75 Å². The second-order valence-corrected chi connectivity index (χ2v) is 5.90. The summed E-state index contributed by atoms with van der Waals surface area (Å²) in [6, 6.07) is 11.1. The highest BCUT2D eigenvalue weighted by atomic mass is 16.5. The maximum atomic E-state index is 12.5. The molecule has 0 radical (unpaired) electrons. The van der Waals surface area contributed by atoms with Crippen molar-refractivity contribution in [2.24, 2.45) is 7.05 Å². The molecule has 0 spiro atoms. The Morgan fingerprint density at radius 1 is 1.28 bits per heavy atom. The largest absolute Gasteiger partial charge is 0.496 e. The Labute approximate surface area is 145 Å². The van der Waals surface area contributed by atoms with Crippen LogP contribution in [-0.4, -0.2) is 24.1 Å². The highest BCUT2D eigenvalue weighted by Crippen LogP contribution is 2.20. The summed E-state index contributed by atoms with van der Waals surface area (Å²) in [5, 5.41) is 2.87. The van der Waals surface area contributed by atoms with Crippen molar-refractivity contribution in [3.05, 3.63) is 63.6 Å². The Balaban J connectivity index is 1.75. The number of carbonyl (C=O) groups is 1. The van der Waals surface area contributed by atoms with E-state index >= 15 is 0 Å². The van der Waals surface area contributed by atoms with E-state index in [1.807, 2.05) is 25.1 Å². The first-order valence-electron chi connectivity index (χ1n) is 8.01. The third kappa shape index (κ3) is 3.28. The molecule has 1 aromatic heterocycles. The third-order valence-corrected chi connectivity index (χ3v) is 4.18. The van der Waals surface area contributed by atoms with E-state index < -0.39 is 5.76 Å². The number of nitrogens with zero attached hydrogens (tertiary/aromatic N) is 1. The first-order valence-corrected chi connectivity index (χ1v) is 8.01. The number of carbonyl (C=O) groups excluding carboxylic acids is 1. The van der Waals surface area contributed by atoms with Crippen molar-refractivity contribution in [2.75, 3.05) is 13.7 Å². The SMILES string of the molecule is COc1ccc(C)cc1CCNC(=O)c1cccc2c1oc(=O)n2C. The summed E-state index contributed by atoms with van der Waals surface area (Å²) in [5.74, 6) is 0.0438. The maximum absolute atomic E-state index is 12.5. The predicted octanol–water partition coefficient (Wildman–Crippen LogP) is 2.42. The van der Waals surface area contributed by atoms with E-state index in [1.165, 1.54) is 4.57 Å². The topological polar surface area (TPSA) is 73.5 Å². The van der Waals surface area contributed by atoms with Crippen molar-refractivity contribution < 1.29 is 13.9 Å². The fraction of sp³-hybridized carbons (Fsp3) is 0.263. The Hall–Kier alpha value is -3.02. The number of oxazole rings is 1.